The second-order valence-electron chi connectivity index (χ2n) is 8.40. The molecule has 0 spiro atoms. The summed E-state index contributed by atoms with van der Waals surface area (Å²) >= 11 is 0. The fourth-order valence-electron chi connectivity index (χ4n) is 4.93. The smallest absolute Gasteiger partial charge is 0.318 e. The van der Waals surface area contributed by atoms with Crippen LogP contribution in [0.5, 0.6) is 5.75 Å². The Morgan fingerprint density at radius 2 is 1.81 bits per heavy atom. The summed E-state index contributed by atoms with van der Waals surface area (Å²) in [6, 6.07) is 20.8. The van der Waals surface area contributed by atoms with Crippen molar-refractivity contribution < 1.29 is 9.53 Å². The van der Waals surface area contributed by atoms with Crippen LogP contribution in [0.2, 0.25) is 0 Å². The van der Waals surface area contributed by atoms with Crippen LogP contribution in [0.4, 0.5) is 4.79 Å². The molecule has 0 unspecified atom stereocenters. The first-order valence-electron chi connectivity index (χ1n) is 11.3. The average molecular weight is 416 g/mol. The molecule has 1 aromatic heterocycles. The number of nitrogens with one attached hydrogen (secondary N) is 1. The van der Waals surface area contributed by atoms with Crippen molar-refractivity contribution >= 4 is 6.03 Å². The summed E-state index contributed by atoms with van der Waals surface area (Å²) in [5.74, 6) is 0.848. The fourth-order valence-corrected chi connectivity index (χ4v) is 4.93. The number of carbonyl (C=O) groups excluding carboxylic acids is 1. The second kappa shape index (κ2) is 8.50. The van der Waals surface area contributed by atoms with E-state index in [0.717, 1.165) is 41.1 Å². The molecule has 2 aromatic carbocycles. The third-order valence-corrected chi connectivity index (χ3v) is 6.41. The van der Waals surface area contributed by atoms with Gasteiger partial charge >= 0.3 is 6.03 Å². The molecule has 2 amide bonds. The van der Waals surface area contributed by atoms with E-state index in [1.165, 1.54) is 12.8 Å². The molecule has 5 heteroatoms. The van der Waals surface area contributed by atoms with E-state index in [0.29, 0.717) is 13.2 Å². The second-order valence-corrected chi connectivity index (χ2v) is 8.40. The number of amides is 2. The Hall–Kier alpha value is -3.21. The van der Waals surface area contributed by atoms with Crippen LogP contribution in [0.1, 0.15) is 55.5 Å². The van der Waals surface area contributed by atoms with Crippen molar-refractivity contribution in [3.63, 3.8) is 0 Å². The molecule has 1 fully saturated rings. The molecule has 0 saturated heterocycles. The summed E-state index contributed by atoms with van der Waals surface area (Å²) in [5.41, 5.74) is 4.46. The van der Waals surface area contributed by atoms with Crippen molar-refractivity contribution in [2.45, 2.75) is 51.2 Å². The van der Waals surface area contributed by atoms with Gasteiger partial charge in [-0.1, -0.05) is 43.2 Å². The molecule has 0 bridgehead atoms. The molecule has 5 nitrogen and oxygen atoms in total. The van der Waals surface area contributed by atoms with Gasteiger partial charge in [0.15, 0.2) is 0 Å². The topological polar surface area (TPSA) is 46.5 Å². The van der Waals surface area contributed by atoms with Crippen LogP contribution in [0.25, 0.3) is 5.69 Å². The van der Waals surface area contributed by atoms with Crippen LogP contribution >= 0.6 is 0 Å². The normalized spacial score (nSPS) is 18.2. The van der Waals surface area contributed by atoms with E-state index in [4.69, 9.17) is 4.74 Å². The van der Waals surface area contributed by atoms with Crippen LogP contribution < -0.4 is 10.1 Å². The number of para-hydroxylation sites is 1. The van der Waals surface area contributed by atoms with Crippen molar-refractivity contribution in [3.05, 3.63) is 83.7 Å². The molecular formula is C26H29N3O2. The quantitative estimate of drug-likeness (QED) is 0.617. The molecule has 1 saturated carbocycles. The lowest BCUT2D eigenvalue weighted by atomic mass is 10.0. The minimum absolute atomic E-state index is 0.00948. The van der Waals surface area contributed by atoms with Crippen molar-refractivity contribution in [3.8, 4) is 11.4 Å². The number of ether oxygens (including phenoxy) is 1. The zero-order chi connectivity index (χ0) is 21.2. The number of hydrogen-bond donors (Lipinski definition) is 1. The molecule has 0 radical (unpaired) electrons. The first-order chi connectivity index (χ1) is 15.2. The molecule has 1 atom stereocenters. The van der Waals surface area contributed by atoms with Gasteiger partial charge in [-0.05, 0) is 61.2 Å². The molecule has 1 N–H and O–H groups in total. The number of rotatable bonds is 4. The fraction of sp³-hybridized carbons (Fsp3) is 0.346. The molecule has 2 heterocycles. The van der Waals surface area contributed by atoms with E-state index < -0.39 is 0 Å². The third kappa shape index (κ3) is 3.80. The van der Waals surface area contributed by atoms with Crippen LogP contribution in [-0.2, 0) is 6.54 Å². The van der Waals surface area contributed by atoms with E-state index in [-0.39, 0.29) is 18.1 Å². The Kier molecular flexibility index (Phi) is 5.41. The van der Waals surface area contributed by atoms with Gasteiger partial charge in [-0.15, -0.1) is 0 Å². The van der Waals surface area contributed by atoms with Crippen LogP contribution in [-0.4, -0.2) is 28.1 Å². The zero-order valence-corrected chi connectivity index (χ0v) is 18.0. The number of benzene rings is 2. The van der Waals surface area contributed by atoms with Gasteiger partial charge in [-0.25, -0.2) is 4.79 Å². The Labute approximate surface area is 183 Å². The molecular weight excluding hydrogens is 386 g/mol. The average Bonchev–Trinajstić information content (AvgIpc) is 3.45. The lowest BCUT2D eigenvalue weighted by Crippen LogP contribution is -2.45. The lowest BCUT2D eigenvalue weighted by Gasteiger charge is -2.32. The van der Waals surface area contributed by atoms with E-state index in [1.807, 2.05) is 30.0 Å². The minimum Gasteiger partial charge on any atom is -0.494 e. The minimum atomic E-state index is -0.181. The Balaban J connectivity index is 1.58. The molecule has 1 aliphatic heterocycles. The van der Waals surface area contributed by atoms with Crippen molar-refractivity contribution in [2.24, 2.45) is 0 Å². The van der Waals surface area contributed by atoms with Crippen LogP contribution in [0, 0.1) is 0 Å². The summed E-state index contributed by atoms with van der Waals surface area (Å²) in [6.07, 6.45) is 6.62. The highest BCUT2D eigenvalue weighted by Gasteiger charge is 2.34. The maximum Gasteiger partial charge on any atom is 0.318 e. The van der Waals surface area contributed by atoms with Gasteiger partial charge in [0.1, 0.15) is 5.75 Å². The highest BCUT2D eigenvalue weighted by molar-refractivity contribution is 5.76. The summed E-state index contributed by atoms with van der Waals surface area (Å²) in [7, 11) is 0. The first kappa shape index (κ1) is 19.7. The number of carbonyl (C=O) groups is 1. The molecule has 1 aliphatic carbocycles. The predicted octanol–water partition coefficient (Wildman–Crippen LogP) is 5.43. The van der Waals surface area contributed by atoms with E-state index in [1.54, 1.807) is 0 Å². The van der Waals surface area contributed by atoms with Crippen molar-refractivity contribution in [1.82, 2.24) is 14.8 Å². The van der Waals surface area contributed by atoms with E-state index in [2.05, 4.69) is 58.5 Å². The van der Waals surface area contributed by atoms with Gasteiger partial charge in [0, 0.05) is 17.9 Å². The zero-order valence-electron chi connectivity index (χ0n) is 18.0. The Bertz CT molecular complexity index is 1050. The highest BCUT2D eigenvalue weighted by atomic mass is 16.5. The first-order valence-corrected chi connectivity index (χ1v) is 11.3. The monoisotopic (exact) mass is 415 g/mol. The number of nitrogens with zero attached hydrogens (tertiary/aromatic N) is 2. The van der Waals surface area contributed by atoms with E-state index >= 15 is 0 Å². The lowest BCUT2D eigenvalue weighted by molar-refractivity contribution is 0.176. The van der Waals surface area contributed by atoms with Crippen LogP contribution in [0.15, 0.2) is 66.9 Å². The van der Waals surface area contributed by atoms with Crippen LogP contribution in [0.3, 0.4) is 0 Å². The third-order valence-electron chi connectivity index (χ3n) is 6.41. The van der Waals surface area contributed by atoms with Gasteiger partial charge in [0.05, 0.1) is 24.9 Å². The highest BCUT2D eigenvalue weighted by Crippen LogP contribution is 2.37. The van der Waals surface area contributed by atoms with Gasteiger partial charge in [0.2, 0.25) is 0 Å². The van der Waals surface area contributed by atoms with Crippen molar-refractivity contribution in [2.75, 3.05) is 6.61 Å². The SMILES string of the molecule is CCOc1ccc([C@@H]2c3cccn3-c3ccccc3CN2C(=O)NC2CCCC2)cc1. The summed E-state index contributed by atoms with van der Waals surface area (Å²) < 4.78 is 7.86. The Morgan fingerprint density at radius 1 is 1.03 bits per heavy atom. The van der Waals surface area contributed by atoms with Gasteiger partial charge < -0.3 is 19.5 Å². The summed E-state index contributed by atoms with van der Waals surface area (Å²) in [6.45, 7) is 3.18. The van der Waals surface area contributed by atoms with Gasteiger partial charge in [-0.2, -0.15) is 0 Å². The summed E-state index contributed by atoms with van der Waals surface area (Å²) in [4.78, 5) is 15.6. The van der Waals surface area contributed by atoms with E-state index in [9.17, 15) is 4.79 Å². The number of aromatic nitrogens is 1. The molecule has 5 rings (SSSR count). The number of hydrogen-bond acceptors (Lipinski definition) is 2. The number of fused-ring (bicyclic) bond motifs is 3. The largest absolute Gasteiger partial charge is 0.494 e. The maximum atomic E-state index is 13.6. The molecule has 160 valence electrons. The molecule has 2 aliphatic rings. The van der Waals surface area contributed by atoms with Gasteiger partial charge in [0.25, 0.3) is 0 Å². The molecule has 3 aromatic rings. The standard InChI is InChI=1S/C26H29N3O2/c1-2-31-22-15-13-19(14-16-22)25-24-12-7-17-28(24)23-11-6-3-8-20(23)18-29(25)26(30)27-21-9-4-5-10-21/h3,6-8,11-17,21,25H,2,4-5,9-10,18H2,1H3,(H,27,30)/t25-/m1/s1. The Morgan fingerprint density at radius 3 is 2.58 bits per heavy atom. The predicted molar refractivity (Wildman–Crippen MR) is 122 cm³/mol. The summed E-state index contributed by atoms with van der Waals surface area (Å²) in [5, 5.41) is 3.31. The number of urea groups is 1. The van der Waals surface area contributed by atoms with Gasteiger partial charge in [-0.3, -0.25) is 0 Å². The van der Waals surface area contributed by atoms with Crippen molar-refractivity contribution in [1.29, 1.82) is 0 Å². The molecule has 31 heavy (non-hydrogen) atoms. The maximum absolute atomic E-state index is 13.6.